The van der Waals surface area contributed by atoms with Gasteiger partial charge in [0.2, 0.25) is 0 Å². The van der Waals surface area contributed by atoms with Crippen LogP contribution < -0.4 is 15.4 Å². The van der Waals surface area contributed by atoms with Crippen LogP contribution in [0, 0.1) is 0 Å². The molecule has 31 heavy (non-hydrogen) atoms. The highest BCUT2D eigenvalue weighted by Gasteiger charge is 2.28. The Morgan fingerprint density at radius 3 is 2.65 bits per heavy atom. The molecule has 1 aromatic carbocycles. The van der Waals surface area contributed by atoms with Crippen LogP contribution in [0.2, 0.25) is 10.0 Å². The highest BCUT2D eigenvalue weighted by atomic mass is 35.5. The van der Waals surface area contributed by atoms with Gasteiger partial charge in [-0.3, -0.25) is 14.6 Å². The first-order valence-corrected chi connectivity index (χ1v) is 11.2. The van der Waals surface area contributed by atoms with Crippen molar-refractivity contribution < 1.29 is 14.3 Å². The number of carbonyl (C=O) groups excluding carboxylic acids is 2. The number of aryl methyl sites for hydroxylation is 1. The van der Waals surface area contributed by atoms with Crippen LogP contribution in [-0.2, 0) is 19.4 Å². The Morgan fingerprint density at radius 1 is 1.19 bits per heavy atom. The zero-order valence-corrected chi connectivity index (χ0v) is 19.0. The third-order valence-electron chi connectivity index (χ3n) is 5.02. The van der Waals surface area contributed by atoms with Gasteiger partial charge in [-0.15, -0.1) is 11.3 Å². The summed E-state index contributed by atoms with van der Waals surface area (Å²) in [4.78, 5) is 31.1. The number of fused-ring (bicyclic) bond motifs is 1. The number of amides is 2. The number of aromatic nitrogens is 1. The van der Waals surface area contributed by atoms with Crippen LogP contribution in [0.5, 0.6) is 5.75 Å². The SMILES string of the molecule is COc1c(Cl)cc(C(=O)Nc2sc3c(c2C(=O)NCc2cccnc2)CCC3)cc1Cl. The van der Waals surface area contributed by atoms with Gasteiger partial charge < -0.3 is 15.4 Å². The van der Waals surface area contributed by atoms with Gasteiger partial charge in [-0.05, 0) is 48.6 Å². The van der Waals surface area contributed by atoms with E-state index in [-0.39, 0.29) is 21.5 Å². The maximum atomic E-state index is 13.0. The number of nitrogens with one attached hydrogen (secondary N) is 2. The van der Waals surface area contributed by atoms with E-state index < -0.39 is 5.91 Å². The standard InChI is InChI=1S/C22H19Cl2N3O3S/c1-30-19-15(23)8-13(9-16(19)24)20(28)27-22-18(14-5-2-6-17(14)31-22)21(29)26-11-12-4-3-7-25-10-12/h3-4,7-10H,2,5-6,11H2,1H3,(H,26,29)(H,27,28). The molecule has 2 aromatic heterocycles. The van der Waals surface area contributed by atoms with Gasteiger partial charge in [0, 0.05) is 29.4 Å². The lowest BCUT2D eigenvalue weighted by molar-refractivity contribution is 0.0951. The van der Waals surface area contributed by atoms with E-state index in [0.29, 0.717) is 22.9 Å². The topological polar surface area (TPSA) is 80.3 Å². The molecular weight excluding hydrogens is 457 g/mol. The van der Waals surface area contributed by atoms with Gasteiger partial charge in [-0.25, -0.2) is 0 Å². The molecule has 0 radical (unpaired) electrons. The predicted octanol–water partition coefficient (Wildman–Crippen LogP) is 5.13. The Morgan fingerprint density at radius 2 is 1.97 bits per heavy atom. The van der Waals surface area contributed by atoms with Crippen molar-refractivity contribution in [1.29, 1.82) is 0 Å². The van der Waals surface area contributed by atoms with Crippen molar-refractivity contribution in [3.05, 3.63) is 73.8 Å². The highest BCUT2D eigenvalue weighted by Crippen LogP contribution is 2.40. The largest absolute Gasteiger partial charge is 0.494 e. The van der Waals surface area contributed by atoms with Gasteiger partial charge in [-0.2, -0.15) is 0 Å². The number of benzene rings is 1. The normalized spacial score (nSPS) is 12.4. The Kier molecular flexibility index (Phi) is 6.46. The molecule has 0 spiro atoms. The molecule has 0 bridgehead atoms. The molecule has 0 aliphatic heterocycles. The second-order valence-corrected chi connectivity index (χ2v) is 8.95. The molecule has 1 aliphatic rings. The highest BCUT2D eigenvalue weighted by molar-refractivity contribution is 7.17. The van der Waals surface area contributed by atoms with E-state index >= 15 is 0 Å². The van der Waals surface area contributed by atoms with E-state index in [1.54, 1.807) is 12.4 Å². The average Bonchev–Trinajstić information content (AvgIpc) is 3.33. The number of anilines is 1. The van der Waals surface area contributed by atoms with Crippen molar-refractivity contribution in [2.24, 2.45) is 0 Å². The molecule has 0 fully saturated rings. The first-order valence-electron chi connectivity index (χ1n) is 9.64. The maximum Gasteiger partial charge on any atom is 0.256 e. The molecule has 1 aliphatic carbocycles. The minimum absolute atomic E-state index is 0.218. The molecule has 3 aromatic rings. The number of methoxy groups -OCH3 is 1. The molecule has 9 heteroatoms. The van der Waals surface area contributed by atoms with Crippen LogP contribution in [0.15, 0.2) is 36.7 Å². The molecule has 0 saturated heterocycles. The van der Waals surface area contributed by atoms with E-state index in [4.69, 9.17) is 27.9 Å². The lowest BCUT2D eigenvalue weighted by Crippen LogP contribution is -2.25. The number of rotatable bonds is 6. The molecule has 2 N–H and O–H groups in total. The maximum absolute atomic E-state index is 13.0. The molecular formula is C22H19Cl2N3O3S. The van der Waals surface area contributed by atoms with Gasteiger partial charge >= 0.3 is 0 Å². The molecule has 2 heterocycles. The molecule has 6 nitrogen and oxygen atoms in total. The molecule has 2 amide bonds. The quantitative estimate of drug-likeness (QED) is 0.517. The van der Waals surface area contributed by atoms with Crippen molar-refractivity contribution in [3.63, 3.8) is 0 Å². The summed E-state index contributed by atoms with van der Waals surface area (Å²) in [5.74, 6) is -0.303. The number of halogens is 2. The second kappa shape index (κ2) is 9.26. The van der Waals surface area contributed by atoms with Crippen molar-refractivity contribution in [1.82, 2.24) is 10.3 Å². The summed E-state index contributed by atoms with van der Waals surface area (Å²) in [6.07, 6.45) is 6.11. The van der Waals surface area contributed by atoms with E-state index in [2.05, 4.69) is 15.6 Å². The lowest BCUT2D eigenvalue weighted by Gasteiger charge is -2.11. The zero-order valence-electron chi connectivity index (χ0n) is 16.6. The zero-order chi connectivity index (χ0) is 22.0. The Labute approximate surface area is 193 Å². The van der Waals surface area contributed by atoms with Crippen LogP contribution >= 0.6 is 34.5 Å². The minimum atomic E-state index is -0.396. The van der Waals surface area contributed by atoms with E-state index in [1.807, 2.05) is 12.1 Å². The number of pyridine rings is 1. The molecule has 160 valence electrons. The monoisotopic (exact) mass is 475 g/mol. The van der Waals surface area contributed by atoms with Crippen LogP contribution in [0.1, 0.15) is 43.1 Å². The Bertz CT molecular complexity index is 1130. The van der Waals surface area contributed by atoms with Gasteiger partial charge in [0.05, 0.1) is 22.7 Å². The number of hydrogen-bond acceptors (Lipinski definition) is 5. The smallest absolute Gasteiger partial charge is 0.256 e. The molecule has 4 rings (SSSR count). The fraction of sp³-hybridized carbons (Fsp3) is 0.227. The average molecular weight is 476 g/mol. The van der Waals surface area contributed by atoms with Crippen molar-refractivity contribution in [2.45, 2.75) is 25.8 Å². The first-order chi connectivity index (χ1) is 15.0. The van der Waals surface area contributed by atoms with Crippen LogP contribution in [0.3, 0.4) is 0 Å². The van der Waals surface area contributed by atoms with Gasteiger partial charge in [0.25, 0.3) is 11.8 Å². The summed E-state index contributed by atoms with van der Waals surface area (Å²) in [5.41, 5.74) is 2.72. The van der Waals surface area contributed by atoms with Crippen molar-refractivity contribution in [3.8, 4) is 5.75 Å². The summed E-state index contributed by atoms with van der Waals surface area (Å²) in [6, 6.07) is 6.70. The van der Waals surface area contributed by atoms with Gasteiger partial charge in [-0.1, -0.05) is 29.3 Å². The first kappa shape index (κ1) is 21.6. The Hall–Kier alpha value is -2.61. The number of thiophene rings is 1. The third kappa shape index (κ3) is 4.54. The van der Waals surface area contributed by atoms with E-state index in [0.717, 1.165) is 35.3 Å². The summed E-state index contributed by atoms with van der Waals surface area (Å²) >= 11 is 13.8. The lowest BCUT2D eigenvalue weighted by atomic mass is 10.1. The molecule has 0 atom stereocenters. The third-order valence-corrected chi connectivity index (χ3v) is 6.78. The number of hydrogen-bond donors (Lipinski definition) is 2. The van der Waals surface area contributed by atoms with Gasteiger partial charge in [0.1, 0.15) is 5.00 Å². The summed E-state index contributed by atoms with van der Waals surface area (Å²) < 4.78 is 5.13. The van der Waals surface area contributed by atoms with Crippen LogP contribution in [-0.4, -0.2) is 23.9 Å². The molecule has 0 saturated carbocycles. The second-order valence-electron chi connectivity index (χ2n) is 7.03. The van der Waals surface area contributed by atoms with Gasteiger partial charge in [0.15, 0.2) is 5.75 Å². The molecule has 0 unspecified atom stereocenters. The van der Waals surface area contributed by atoms with E-state index in [1.165, 1.54) is 30.6 Å². The number of carbonyl (C=O) groups is 2. The fourth-order valence-electron chi connectivity index (χ4n) is 3.57. The summed E-state index contributed by atoms with van der Waals surface area (Å²) in [5, 5.41) is 6.82. The summed E-state index contributed by atoms with van der Waals surface area (Å²) in [6.45, 7) is 0.356. The van der Waals surface area contributed by atoms with Crippen LogP contribution in [0.4, 0.5) is 5.00 Å². The van der Waals surface area contributed by atoms with E-state index in [9.17, 15) is 9.59 Å². The Balaban J connectivity index is 1.58. The summed E-state index contributed by atoms with van der Waals surface area (Å²) in [7, 11) is 1.45. The minimum Gasteiger partial charge on any atom is -0.494 e. The van der Waals surface area contributed by atoms with Crippen molar-refractivity contribution >= 4 is 51.4 Å². The number of ether oxygens (including phenoxy) is 1. The fourth-order valence-corrected chi connectivity index (χ4v) is 5.49. The van der Waals surface area contributed by atoms with Crippen molar-refractivity contribution in [2.75, 3.05) is 12.4 Å². The predicted molar refractivity (Wildman–Crippen MR) is 123 cm³/mol. The number of nitrogens with zero attached hydrogens (tertiary/aromatic N) is 1. The van der Waals surface area contributed by atoms with Crippen LogP contribution in [0.25, 0.3) is 0 Å².